The predicted octanol–water partition coefficient (Wildman–Crippen LogP) is 4.00. The van der Waals surface area contributed by atoms with Crippen LogP contribution in [0, 0.1) is 0 Å². The van der Waals surface area contributed by atoms with Crippen LogP contribution in [0.15, 0.2) is 67.0 Å². The van der Waals surface area contributed by atoms with Crippen LogP contribution in [-0.4, -0.2) is 29.4 Å². The molecule has 0 radical (unpaired) electrons. The van der Waals surface area contributed by atoms with Gasteiger partial charge in [0, 0.05) is 24.4 Å². The third-order valence-electron chi connectivity index (χ3n) is 4.20. The Hall–Kier alpha value is -3.54. The quantitative estimate of drug-likeness (QED) is 0.560. The Labute approximate surface area is 170 Å². The van der Waals surface area contributed by atoms with Gasteiger partial charge in [0.2, 0.25) is 5.91 Å². The van der Waals surface area contributed by atoms with Crippen LogP contribution in [0.25, 0.3) is 11.8 Å². The first-order valence-electron chi connectivity index (χ1n) is 9.55. The van der Waals surface area contributed by atoms with Crippen LogP contribution >= 0.6 is 0 Å². The fourth-order valence-electron chi connectivity index (χ4n) is 2.71. The van der Waals surface area contributed by atoms with E-state index < -0.39 is 0 Å². The van der Waals surface area contributed by atoms with Gasteiger partial charge in [-0.1, -0.05) is 31.2 Å². The van der Waals surface area contributed by atoms with E-state index in [1.807, 2.05) is 54.7 Å². The van der Waals surface area contributed by atoms with Crippen LogP contribution in [0.1, 0.15) is 24.5 Å². The number of carbonyl (C=O) groups excluding carboxylic acids is 1. The number of hydrogen-bond acceptors (Lipinski definition) is 4. The summed E-state index contributed by atoms with van der Waals surface area (Å²) >= 11 is 0. The molecule has 0 saturated carbocycles. The minimum atomic E-state index is -0.178. The van der Waals surface area contributed by atoms with Gasteiger partial charge in [0.1, 0.15) is 0 Å². The molecule has 0 bridgehead atoms. The van der Waals surface area contributed by atoms with Gasteiger partial charge in [0.25, 0.3) is 0 Å². The van der Waals surface area contributed by atoms with Crippen LogP contribution < -0.4 is 14.8 Å². The smallest absolute Gasteiger partial charge is 0.244 e. The zero-order valence-electron chi connectivity index (χ0n) is 16.7. The Bertz CT molecular complexity index is 965. The summed E-state index contributed by atoms with van der Waals surface area (Å²) in [5.41, 5.74) is 2.76. The number of carbonyl (C=O) groups is 1. The zero-order chi connectivity index (χ0) is 20.5. The van der Waals surface area contributed by atoms with E-state index in [0.29, 0.717) is 24.7 Å². The number of nitrogens with zero attached hydrogens (tertiary/aromatic N) is 2. The summed E-state index contributed by atoms with van der Waals surface area (Å²) in [6, 6.07) is 15.4. The molecule has 3 aromatic rings. The second-order valence-corrected chi connectivity index (χ2v) is 6.44. The van der Waals surface area contributed by atoms with Gasteiger partial charge >= 0.3 is 0 Å². The molecule has 6 nitrogen and oxygen atoms in total. The van der Waals surface area contributed by atoms with E-state index in [-0.39, 0.29) is 5.91 Å². The SMILES string of the molecule is CCCOc1ccc(/C=C/C(=O)NCc2cnn(-c3ccccc3)c2)cc1OC. The maximum atomic E-state index is 12.1. The highest BCUT2D eigenvalue weighted by molar-refractivity contribution is 5.91. The standard InChI is InChI=1S/C23H25N3O3/c1-3-13-29-21-11-9-18(14-22(21)28-2)10-12-23(27)24-15-19-16-25-26(17-19)20-7-5-4-6-8-20/h4-12,14,16-17H,3,13,15H2,1-2H3,(H,24,27)/b12-10+. The minimum absolute atomic E-state index is 0.178. The number of para-hydroxylation sites is 1. The van der Waals surface area contributed by atoms with E-state index in [9.17, 15) is 4.79 Å². The number of methoxy groups -OCH3 is 1. The van der Waals surface area contributed by atoms with E-state index in [1.54, 1.807) is 24.1 Å². The molecule has 0 spiro atoms. The third kappa shape index (κ3) is 5.72. The summed E-state index contributed by atoms with van der Waals surface area (Å²) in [5.74, 6) is 1.17. The molecule has 29 heavy (non-hydrogen) atoms. The zero-order valence-corrected chi connectivity index (χ0v) is 16.7. The lowest BCUT2D eigenvalue weighted by Gasteiger charge is -2.10. The predicted molar refractivity (Wildman–Crippen MR) is 113 cm³/mol. The summed E-state index contributed by atoms with van der Waals surface area (Å²) in [4.78, 5) is 12.1. The molecule has 0 fully saturated rings. The van der Waals surface area contributed by atoms with E-state index >= 15 is 0 Å². The highest BCUT2D eigenvalue weighted by Gasteiger charge is 2.05. The molecule has 0 unspecified atom stereocenters. The Morgan fingerprint density at radius 2 is 2.00 bits per heavy atom. The molecule has 1 N–H and O–H groups in total. The molecule has 0 saturated heterocycles. The fourth-order valence-corrected chi connectivity index (χ4v) is 2.71. The van der Waals surface area contributed by atoms with Crippen molar-refractivity contribution in [1.82, 2.24) is 15.1 Å². The maximum Gasteiger partial charge on any atom is 0.244 e. The minimum Gasteiger partial charge on any atom is -0.493 e. The van der Waals surface area contributed by atoms with Crippen LogP contribution in [0.3, 0.4) is 0 Å². The van der Waals surface area contributed by atoms with Gasteiger partial charge in [-0.25, -0.2) is 4.68 Å². The molecule has 1 amide bonds. The van der Waals surface area contributed by atoms with E-state index in [4.69, 9.17) is 9.47 Å². The second kappa shape index (κ2) is 10.1. The van der Waals surface area contributed by atoms with Crippen molar-refractivity contribution in [2.75, 3.05) is 13.7 Å². The molecule has 1 heterocycles. The number of benzene rings is 2. The van der Waals surface area contributed by atoms with Crippen molar-refractivity contribution in [2.24, 2.45) is 0 Å². The van der Waals surface area contributed by atoms with Gasteiger partial charge in [-0.3, -0.25) is 4.79 Å². The molecule has 0 aliphatic rings. The number of hydrogen-bond donors (Lipinski definition) is 1. The molecule has 1 aromatic heterocycles. The number of rotatable bonds is 9. The molecule has 0 aliphatic carbocycles. The van der Waals surface area contributed by atoms with Crippen molar-refractivity contribution in [3.05, 3.63) is 78.1 Å². The number of aromatic nitrogens is 2. The highest BCUT2D eigenvalue weighted by atomic mass is 16.5. The largest absolute Gasteiger partial charge is 0.493 e. The van der Waals surface area contributed by atoms with E-state index in [0.717, 1.165) is 23.2 Å². The number of nitrogens with one attached hydrogen (secondary N) is 1. The van der Waals surface area contributed by atoms with Gasteiger partial charge < -0.3 is 14.8 Å². The highest BCUT2D eigenvalue weighted by Crippen LogP contribution is 2.28. The monoisotopic (exact) mass is 391 g/mol. The Kier molecular flexibility index (Phi) is 7.05. The van der Waals surface area contributed by atoms with Crippen LogP contribution in [0.5, 0.6) is 11.5 Å². The molecule has 0 atom stereocenters. The van der Waals surface area contributed by atoms with Crippen LogP contribution in [0.2, 0.25) is 0 Å². The van der Waals surface area contributed by atoms with Gasteiger partial charge in [-0.2, -0.15) is 5.10 Å². The topological polar surface area (TPSA) is 65.4 Å². The van der Waals surface area contributed by atoms with Gasteiger partial charge in [0.05, 0.1) is 25.6 Å². The first-order valence-corrected chi connectivity index (χ1v) is 9.55. The van der Waals surface area contributed by atoms with E-state index in [2.05, 4.69) is 17.3 Å². The van der Waals surface area contributed by atoms with Gasteiger partial charge in [-0.15, -0.1) is 0 Å². The van der Waals surface area contributed by atoms with Crippen molar-refractivity contribution in [3.8, 4) is 17.2 Å². The lowest BCUT2D eigenvalue weighted by molar-refractivity contribution is -0.116. The first kappa shape index (κ1) is 20.2. The Balaban J connectivity index is 1.55. The molecular formula is C23H25N3O3. The Morgan fingerprint density at radius 1 is 1.17 bits per heavy atom. The lowest BCUT2D eigenvalue weighted by atomic mass is 10.2. The molecule has 2 aromatic carbocycles. The van der Waals surface area contributed by atoms with Crippen LogP contribution in [-0.2, 0) is 11.3 Å². The summed E-state index contributed by atoms with van der Waals surface area (Å²) in [7, 11) is 1.60. The second-order valence-electron chi connectivity index (χ2n) is 6.44. The Morgan fingerprint density at radius 3 is 2.76 bits per heavy atom. The van der Waals surface area contributed by atoms with E-state index in [1.165, 1.54) is 6.08 Å². The average molecular weight is 391 g/mol. The first-order chi connectivity index (χ1) is 14.2. The van der Waals surface area contributed by atoms with Crippen molar-refractivity contribution >= 4 is 12.0 Å². The van der Waals surface area contributed by atoms with Crippen LogP contribution in [0.4, 0.5) is 0 Å². The summed E-state index contributed by atoms with van der Waals surface area (Å²) < 4.78 is 12.8. The maximum absolute atomic E-state index is 12.1. The average Bonchev–Trinajstić information content (AvgIpc) is 3.24. The normalized spacial score (nSPS) is 10.8. The van der Waals surface area contributed by atoms with Crippen molar-refractivity contribution < 1.29 is 14.3 Å². The molecule has 3 rings (SSSR count). The molecular weight excluding hydrogens is 366 g/mol. The van der Waals surface area contributed by atoms with Crippen molar-refractivity contribution in [1.29, 1.82) is 0 Å². The summed E-state index contributed by atoms with van der Waals surface area (Å²) in [6.07, 6.45) is 7.82. The number of amides is 1. The molecule has 0 aliphatic heterocycles. The summed E-state index contributed by atoms with van der Waals surface area (Å²) in [5, 5.41) is 7.19. The summed E-state index contributed by atoms with van der Waals surface area (Å²) in [6.45, 7) is 3.09. The van der Waals surface area contributed by atoms with Crippen molar-refractivity contribution in [3.63, 3.8) is 0 Å². The lowest BCUT2D eigenvalue weighted by Crippen LogP contribution is -2.19. The van der Waals surface area contributed by atoms with Gasteiger partial charge in [-0.05, 0) is 42.3 Å². The molecule has 6 heteroatoms. The third-order valence-corrected chi connectivity index (χ3v) is 4.20. The number of ether oxygens (including phenoxy) is 2. The van der Waals surface area contributed by atoms with Crippen molar-refractivity contribution in [2.45, 2.75) is 19.9 Å². The van der Waals surface area contributed by atoms with Gasteiger partial charge in [0.15, 0.2) is 11.5 Å². The molecule has 150 valence electrons. The fraction of sp³-hybridized carbons (Fsp3) is 0.217.